The molecule has 0 spiro atoms. The molecule has 0 radical (unpaired) electrons. The van der Waals surface area contributed by atoms with E-state index < -0.39 is 22.4 Å². The molecule has 13 heavy (non-hydrogen) atoms. The molecule has 0 heterocycles. The Morgan fingerprint density at radius 3 is 2.46 bits per heavy atom. The van der Waals surface area contributed by atoms with Crippen LogP contribution in [0.5, 0.6) is 0 Å². The number of nitrogens with zero attached hydrogens (tertiary/aromatic N) is 1. The summed E-state index contributed by atoms with van der Waals surface area (Å²) >= 11 is 0. The SMILES string of the molecule is O=[N+]([O-])c1cccc(C(F)(F)F)c1.[H+]. The van der Waals surface area contributed by atoms with Crippen LogP contribution in [0.15, 0.2) is 24.3 Å². The van der Waals surface area contributed by atoms with Gasteiger partial charge in [0.15, 0.2) is 0 Å². The van der Waals surface area contributed by atoms with E-state index in [4.69, 9.17) is 0 Å². The lowest BCUT2D eigenvalue weighted by atomic mass is 10.2. The van der Waals surface area contributed by atoms with Crippen LogP contribution in [0.1, 0.15) is 6.99 Å². The Bertz CT molecular complexity index is 340. The van der Waals surface area contributed by atoms with Crippen LogP contribution in [0, 0.1) is 10.1 Å². The van der Waals surface area contributed by atoms with Gasteiger partial charge in [0, 0.05) is 12.1 Å². The van der Waals surface area contributed by atoms with Crippen LogP contribution in [-0.2, 0) is 6.18 Å². The predicted molar refractivity (Wildman–Crippen MR) is 39.2 cm³/mol. The average molecular weight is 192 g/mol. The Morgan fingerprint density at radius 2 is 2.00 bits per heavy atom. The minimum absolute atomic E-state index is 0. The van der Waals surface area contributed by atoms with Gasteiger partial charge in [-0.15, -0.1) is 0 Å². The number of nitro benzene ring substituents is 1. The van der Waals surface area contributed by atoms with Crippen LogP contribution in [-0.4, -0.2) is 4.92 Å². The summed E-state index contributed by atoms with van der Waals surface area (Å²) in [6, 6.07) is 3.29. The van der Waals surface area contributed by atoms with Crippen LogP contribution < -0.4 is 0 Å². The number of halogens is 3. The molecule has 0 N–H and O–H groups in total. The third-order valence-electron chi connectivity index (χ3n) is 1.38. The molecule has 1 rings (SSSR count). The van der Waals surface area contributed by atoms with Gasteiger partial charge in [-0.25, -0.2) is 0 Å². The van der Waals surface area contributed by atoms with Crippen LogP contribution in [0.4, 0.5) is 18.9 Å². The van der Waals surface area contributed by atoms with Gasteiger partial charge in [0.1, 0.15) is 0 Å². The van der Waals surface area contributed by atoms with Crippen molar-refractivity contribution in [3.8, 4) is 0 Å². The lowest BCUT2D eigenvalue weighted by Crippen LogP contribution is -2.04. The molecule has 0 saturated carbocycles. The molecule has 0 unspecified atom stereocenters. The number of benzene rings is 1. The smallest absolute Gasteiger partial charge is 0.258 e. The summed E-state index contributed by atoms with van der Waals surface area (Å²) in [6.45, 7) is 0. The molecule has 6 heteroatoms. The quantitative estimate of drug-likeness (QED) is 0.507. The van der Waals surface area contributed by atoms with E-state index in [9.17, 15) is 23.3 Å². The normalized spacial score (nSPS) is 11.3. The Labute approximate surface area is 72.4 Å². The minimum Gasteiger partial charge on any atom is -0.258 e. The van der Waals surface area contributed by atoms with Gasteiger partial charge in [0.25, 0.3) is 5.69 Å². The zero-order valence-corrected chi connectivity index (χ0v) is 6.21. The fraction of sp³-hybridized carbons (Fsp3) is 0.143. The largest absolute Gasteiger partial charge is 1.00 e. The lowest BCUT2D eigenvalue weighted by molar-refractivity contribution is -0.385. The molecule has 0 aliphatic carbocycles. The topological polar surface area (TPSA) is 43.1 Å². The van der Waals surface area contributed by atoms with E-state index in [-0.39, 0.29) is 1.43 Å². The van der Waals surface area contributed by atoms with E-state index in [2.05, 4.69) is 0 Å². The number of nitro groups is 1. The van der Waals surface area contributed by atoms with Gasteiger partial charge < -0.3 is 0 Å². The average Bonchev–Trinajstić information content (AvgIpc) is 2.03. The monoisotopic (exact) mass is 192 g/mol. The molecule has 0 amide bonds. The molecule has 3 nitrogen and oxygen atoms in total. The summed E-state index contributed by atoms with van der Waals surface area (Å²) in [6.07, 6.45) is -4.54. The molecular formula is C7H5F3NO2+. The zero-order chi connectivity index (χ0) is 10.1. The van der Waals surface area contributed by atoms with Crippen molar-refractivity contribution in [2.45, 2.75) is 6.18 Å². The Morgan fingerprint density at radius 1 is 1.38 bits per heavy atom. The van der Waals surface area contributed by atoms with Gasteiger partial charge in [-0.05, 0) is 6.07 Å². The second-order valence-electron chi connectivity index (χ2n) is 2.31. The summed E-state index contributed by atoms with van der Waals surface area (Å²) in [7, 11) is 0. The first-order valence-corrected chi connectivity index (χ1v) is 3.23. The van der Waals surface area contributed by atoms with Gasteiger partial charge in [0.2, 0.25) is 0 Å². The molecule has 0 atom stereocenters. The van der Waals surface area contributed by atoms with E-state index in [0.29, 0.717) is 6.07 Å². The highest BCUT2D eigenvalue weighted by atomic mass is 19.4. The van der Waals surface area contributed by atoms with Crippen molar-refractivity contribution in [2.24, 2.45) is 0 Å². The highest BCUT2D eigenvalue weighted by Crippen LogP contribution is 2.30. The molecule has 0 aliphatic rings. The van der Waals surface area contributed by atoms with Gasteiger partial charge in [0.05, 0.1) is 10.5 Å². The number of hydrogen-bond donors (Lipinski definition) is 0. The summed E-state index contributed by atoms with van der Waals surface area (Å²) in [4.78, 5) is 9.25. The van der Waals surface area contributed by atoms with Crippen molar-refractivity contribution in [1.82, 2.24) is 0 Å². The molecule has 0 saturated heterocycles. The third-order valence-corrected chi connectivity index (χ3v) is 1.38. The van der Waals surface area contributed by atoms with Crippen molar-refractivity contribution in [3.63, 3.8) is 0 Å². The van der Waals surface area contributed by atoms with Crippen molar-refractivity contribution < 1.29 is 19.5 Å². The van der Waals surface area contributed by atoms with Crippen molar-refractivity contribution >= 4 is 5.69 Å². The van der Waals surface area contributed by atoms with Crippen molar-refractivity contribution in [2.75, 3.05) is 0 Å². The van der Waals surface area contributed by atoms with Crippen LogP contribution >= 0.6 is 0 Å². The molecule has 0 fully saturated rings. The highest BCUT2D eigenvalue weighted by Gasteiger charge is 2.31. The first-order valence-electron chi connectivity index (χ1n) is 3.23. The van der Waals surface area contributed by atoms with E-state index in [1.165, 1.54) is 0 Å². The van der Waals surface area contributed by atoms with Gasteiger partial charge in [-0.3, -0.25) is 10.1 Å². The van der Waals surface area contributed by atoms with E-state index >= 15 is 0 Å². The van der Waals surface area contributed by atoms with Crippen LogP contribution in [0.25, 0.3) is 0 Å². The van der Waals surface area contributed by atoms with Crippen LogP contribution in [0.2, 0.25) is 0 Å². The second kappa shape index (κ2) is 3.04. The minimum atomic E-state index is -4.54. The fourth-order valence-electron chi connectivity index (χ4n) is 0.796. The zero-order valence-electron chi connectivity index (χ0n) is 7.21. The Balaban J connectivity index is 0.00000169. The van der Waals surface area contributed by atoms with Crippen molar-refractivity contribution in [3.05, 3.63) is 39.9 Å². The summed E-state index contributed by atoms with van der Waals surface area (Å²) in [5.41, 5.74) is -1.57. The first kappa shape index (κ1) is 9.50. The van der Waals surface area contributed by atoms with E-state index in [0.717, 1.165) is 18.2 Å². The lowest BCUT2D eigenvalue weighted by Gasteiger charge is -2.04. The molecule has 0 aliphatic heterocycles. The molecule has 1 aromatic rings. The van der Waals surface area contributed by atoms with Crippen LogP contribution in [0.3, 0.4) is 0 Å². The molecular weight excluding hydrogens is 187 g/mol. The second-order valence-corrected chi connectivity index (χ2v) is 2.31. The number of hydrogen-bond acceptors (Lipinski definition) is 2. The van der Waals surface area contributed by atoms with E-state index in [1.54, 1.807) is 0 Å². The van der Waals surface area contributed by atoms with Gasteiger partial charge in [-0.1, -0.05) is 6.07 Å². The predicted octanol–water partition coefficient (Wildman–Crippen LogP) is 2.73. The molecule has 70 valence electrons. The molecule has 1 aromatic carbocycles. The molecule has 0 bridgehead atoms. The highest BCUT2D eigenvalue weighted by molar-refractivity contribution is 5.35. The Kier molecular flexibility index (Phi) is 2.22. The molecule has 0 aromatic heterocycles. The maximum Gasteiger partial charge on any atom is 1.00 e. The van der Waals surface area contributed by atoms with Gasteiger partial charge in [-0.2, -0.15) is 13.2 Å². The maximum absolute atomic E-state index is 12.0. The van der Waals surface area contributed by atoms with E-state index in [1.807, 2.05) is 0 Å². The third kappa shape index (κ3) is 2.17. The maximum atomic E-state index is 12.0. The van der Waals surface area contributed by atoms with Crippen molar-refractivity contribution in [1.29, 1.82) is 0 Å². The number of non-ortho nitro benzene ring substituents is 1. The fourth-order valence-corrected chi connectivity index (χ4v) is 0.796. The first-order chi connectivity index (χ1) is 5.91. The number of rotatable bonds is 1. The number of alkyl halides is 3. The standard InChI is InChI=1S/C7H4F3NO2/c8-7(9,10)5-2-1-3-6(4-5)11(12)13/h1-4H/p+1. The Hall–Kier alpha value is -1.59. The van der Waals surface area contributed by atoms with Gasteiger partial charge >= 0.3 is 7.60 Å². The summed E-state index contributed by atoms with van der Waals surface area (Å²) in [5, 5.41) is 10.1. The summed E-state index contributed by atoms with van der Waals surface area (Å²) < 4.78 is 36.0. The summed E-state index contributed by atoms with van der Waals surface area (Å²) in [5.74, 6) is 0.